The first-order chi connectivity index (χ1) is 14.2. The molecule has 4 heterocycles. The van der Waals surface area contributed by atoms with Crippen molar-refractivity contribution in [3.05, 3.63) is 34.9 Å². The van der Waals surface area contributed by atoms with Gasteiger partial charge in [0.05, 0.1) is 33.8 Å². The molecule has 2 aliphatic rings. The van der Waals surface area contributed by atoms with Crippen LogP contribution < -0.4 is 0 Å². The highest BCUT2D eigenvalue weighted by molar-refractivity contribution is 7.91. The van der Waals surface area contributed by atoms with Gasteiger partial charge in [-0.25, -0.2) is 13.4 Å². The topological polar surface area (TPSA) is 107 Å². The zero-order valence-electron chi connectivity index (χ0n) is 17.1. The van der Waals surface area contributed by atoms with Crippen molar-refractivity contribution in [2.75, 3.05) is 11.5 Å². The van der Waals surface area contributed by atoms with Crippen LogP contribution in [0.2, 0.25) is 0 Å². The summed E-state index contributed by atoms with van der Waals surface area (Å²) in [5.74, 6) is 1.43. The second-order valence-corrected chi connectivity index (χ2v) is 10.6. The molecule has 30 heavy (non-hydrogen) atoms. The molecule has 1 unspecified atom stereocenters. The van der Waals surface area contributed by atoms with Gasteiger partial charge in [-0.05, 0) is 52.2 Å². The van der Waals surface area contributed by atoms with Crippen molar-refractivity contribution in [2.45, 2.75) is 52.1 Å². The molecule has 5 rings (SSSR count). The maximum absolute atomic E-state index is 13.8. The predicted octanol–water partition coefficient (Wildman–Crippen LogP) is 3.20. The molecule has 0 radical (unpaired) electrons. The van der Waals surface area contributed by atoms with E-state index in [1.165, 1.54) is 0 Å². The molecule has 1 aliphatic heterocycles. The number of carbonyl (C=O) groups excluding carboxylic acids is 1. The molecule has 0 N–H and O–H groups in total. The Morgan fingerprint density at radius 1 is 1.13 bits per heavy atom. The van der Waals surface area contributed by atoms with Crippen molar-refractivity contribution < 1.29 is 22.2 Å². The van der Waals surface area contributed by atoms with E-state index in [-0.39, 0.29) is 29.5 Å². The highest BCUT2D eigenvalue weighted by Crippen LogP contribution is 2.36. The van der Waals surface area contributed by atoms with Gasteiger partial charge < -0.3 is 13.8 Å². The van der Waals surface area contributed by atoms with Gasteiger partial charge in [-0.1, -0.05) is 5.16 Å². The third-order valence-corrected chi connectivity index (χ3v) is 7.69. The van der Waals surface area contributed by atoms with Crippen molar-refractivity contribution in [1.29, 1.82) is 0 Å². The number of sulfone groups is 1. The standard InChI is InChI=1S/C21H23N3O5S/c1-11-8-16(13(3)28-11)18-9-17(19-12(2)23-29-20(19)22-18)21(25)24(14-4-5-14)15-6-7-30(26,27)10-15/h8-9,14-15H,4-7,10H2,1-3H3. The van der Waals surface area contributed by atoms with Gasteiger partial charge in [-0.15, -0.1) is 0 Å². The number of amides is 1. The number of furan rings is 1. The average molecular weight is 429 g/mol. The van der Waals surface area contributed by atoms with Crippen LogP contribution in [0, 0.1) is 20.8 Å². The Morgan fingerprint density at radius 2 is 1.90 bits per heavy atom. The molecule has 0 bridgehead atoms. The fraction of sp³-hybridized carbons (Fsp3) is 0.476. The van der Waals surface area contributed by atoms with Gasteiger partial charge >= 0.3 is 0 Å². The number of aromatic nitrogens is 2. The largest absolute Gasteiger partial charge is 0.466 e. The molecular weight excluding hydrogens is 406 g/mol. The summed E-state index contributed by atoms with van der Waals surface area (Å²) in [5, 5.41) is 4.59. The molecule has 158 valence electrons. The number of hydrogen-bond acceptors (Lipinski definition) is 7. The van der Waals surface area contributed by atoms with E-state index in [2.05, 4.69) is 10.1 Å². The van der Waals surface area contributed by atoms with Crippen LogP contribution >= 0.6 is 0 Å². The van der Waals surface area contributed by atoms with Gasteiger partial charge in [0, 0.05) is 17.6 Å². The van der Waals surface area contributed by atoms with Gasteiger partial charge in [-0.2, -0.15) is 0 Å². The van der Waals surface area contributed by atoms with E-state index < -0.39 is 9.84 Å². The first kappa shape index (κ1) is 19.3. The summed E-state index contributed by atoms with van der Waals surface area (Å²) in [6.07, 6.45) is 2.27. The first-order valence-corrected chi connectivity index (χ1v) is 11.9. The van der Waals surface area contributed by atoms with Crippen LogP contribution in [0.25, 0.3) is 22.4 Å². The Balaban J connectivity index is 1.64. The fourth-order valence-corrected chi connectivity index (χ4v) is 6.11. The molecule has 0 aromatic carbocycles. The van der Waals surface area contributed by atoms with Crippen LogP contribution in [0.4, 0.5) is 0 Å². The summed E-state index contributed by atoms with van der Waals surface area (Å²) in [6.45, 7) is 5.48. The quantitative estimate of drug-likeness (QED) is 0.627. The number of pyridine rings is 1. The van der Waals surface area contributed by atoms with E-state index in [1.807, 2.05) is 19.9 Å². The lowest BCUT2D eigenvalue weighted by atomic mass is 10.0. The number of rotatable bonds is 4. The Labute approximate surface area is 174 Å². The molecule has 3 aromatic rings. The van der Waals surface area contributed by atoms with E-state index in [0.717, 1.165) is 24.2 Å². The number of nitrogens with zero attached hydrogens (tertiary/aromatic N) is 3. The minimum absolute atomic E-state index is 0.0268. The molecule has 1 saturated carbocycles. The van der Waals surface area contributed by atoms with Crippen LogP contribution in [-0.2, 0) is 9.84 Å². The SMILES string of the molecule is Cc1cc(-c2cc(C(=O)N(C3CC3)C3CCS(=O)(=O)C3)c3c(C)noc3n2)c(C)o1. The van der Waals surface area contributed by atoms with Crippen molar-refractivity contribution in [3.63, 3.8) is 0 Å². The van der Waals surface area contributed by atoms with E-state index in [9.17, 15) is 13.2 Å². The van der Waals surface area contributed by atoms with Crippen LogP contribution in [0.1, 0.15) is 46.8 Å². The minimum Gasteiger partial charge on any atom is -0.466 e. The molecule has 0 spiro atoms. The Bertz CT molecular complexity index is 1270. The van der Waals surface area contributed by atoms with E-state index in [4.69, 9.17) is 8.94 Å². The molecule has 8 nitrogen and oxygen atoms in total. The van der Waals surface area contributed by atoms with Crippen LogP contribution in [-0.4, -0.2) is 53.0 Å². The zero-order valence-corrected chi connectivity index (χ0v) is 18.0. The highest BCUT2D eigenvalue weighted by Gasteiger charge is 2.43. The predicted molar refractivity (Wildman–Crippen MR) is 110 cm³/mol. The smallest absolute Gasteiger partial charge is 0.259 e. The molecule has 1 saturated heterocycles. The second kappa shape index (κ2) is 6.66. The lowest BCUT2D eigenvalue weighted by molar-refractivity contribution is 0.0682. The van der Waals surface area contributed by atoms with Crippen molar-refractivity contribution in [3.8, 4) is 11.3 Å². The lowest BCUT2D eigenvalue weighted by Crippen LogP contribution is -2.42. The Kier molecular flexibility index (Phi) is 4.29. The van der Waals surface area contributed by atoms with Crippen molar-refractivity contribution in [2.24, 2.45) is 0 Å². The van der Waals surface area contributed by atoms with E-state index in [1.54, 1.807) is 17.9 Å². The Hall–Kier alpha value is -2.68. The monoisotopic (exact) mass is 429 g/mol. The number of hydrogen-bond donors (Lipinski definition) is 0. The minimum atomic E-state index is -3.11. The van der Waals surface area contributed by atoms with Crippen LogP contribution in [0.15, 0.2) is 21.1 Å². The zero-order chi connectivity index (χ0) is 21.2. The molecule has 9 heteroatoms. The van der Waals surface area contributed by atoms with Gasteiger partial charge in [0.1, 0.15) is 11.5 Å². The summed E-state index contributed by atoms with van der Waals surface area (Å²) in [6, 6.07) is 3.43. The van der Waals surface area contributed by atoms with Crippen molar-refractivity contribution >= 4 is 26.8 Å². The molecule has 1 atom stereocenters. The van der Waals surface area contributed by atoms with Gasteiger partial charge in [0.25, 0.3) is 11.6 Å². The number of aryl methyl sites for hydroxylation is 3. The first-order valence-electron chi connectivity index (χ1n) is 10.1. The van der Waals surface area contributed by atoms with Crippen LogP contribution in [0.5, 0.6) is 0 Å². The highest BCUT2D eigenvalue weighted by atomic mass is 32.2. The summed E-state index contributed by atoms with van der Waals surface area (Å²) in [5.41, 5.74) is 2.69. The maximum atomic E-state index is 13.8. The molecule has 2 fully saturated rings. The summed E-state index contributed by atoms with van der Waals surface area (Å²) >= 11 is 0. The molecule has 3 aromatic heterocycles. The van der Waals surface area contributed by atoms with Crippen molar-refractivity contribution in [1.82, 2.24) is 15.0 Å². The summed E-state index contributed by atoms with van der Waals surface area (Å²) < 4.78 is 35.2. The Morgan fingerprint density at radius 3 is 2.50 bits per heavy atom. The second-order valence-electron chi connectivity index (χ2n) is 8.33. The third-order valence-electron chi connectivity index (χ3n) is 5.94. The third kappa shape index (κ3) is 3.21. The summed E-state index contributed by atoms with van der Waals surface area (Å²) in [4.78, 5) is 20.1. The normalized spacial score (nSPS) is 20.7. The van der Waals surface area contributed by atoms with E-state index in [0.29, 0.717) is 40.2 Å². The maximum Gasteiger partial charge on any atom is 0.259 e. The molecule has 1 aliphatic carbocycles. The average Bonchev–Trinajstić information content (AvgIpc) is 3.22. The molecular formula is C21H23N3O5S. The van der Waals surface area contributed by atoms with Gasteiger partial charge in [-0.3, -0.25) is 4.79 Å². The summed E-state index contributed by atoms with van der Waals surface area (Å²) in [7, 11) is -3.11. The number of carbonyl (C=O) groups is 1. The van der Waals surface area contributed by atoms with Gasteiger partial charge in [0.15, 0.2) is 9.84 Å². The van der Waals surface area contributed by atoms with Crippen LogP contribution in [0.3, 0.4) is 0 Å². The van der Waals surface area contributed by atoms with Gasteiger partial charge in [0.2, 0.25) is 0 Å². The lowest BCUT2D eigenvalue weighted by Gasteiger charge is -2.28. The molecule has 1 amide bonds. The van der Waals surface area contributed by atoms with E-state index >= 15 is 0 Å². The number of fused-ring (bicyclic) bond motifs is 1. The fourth-order valence-electron chi connectivity index (χ4n) is 4.40.